The minimum atomic E-state index is -3.84. The van der Waals surface area contributed by atoms with Gasteiger partial charge in [-0.25, -0.2) is 27.3 Å². The summed E-state index contributed by atoms with van der Waals surface area (Å²) in [5.74, 6) is 0.139. The van der Waals surface area contributed by atoms with Gasteiger partial charge in [-0.2, -0.15) is 4.98 Å². The molecule has 0 radical (unpaired) electrons. The summed E-state index contributed by atoms with van der Waals surface area (Å²) in [7, 11) is -2.33. The van der Waals surface area contributed by atoms with Gasteiger partial charge in [-0.3, -0.25) is 28.2 Å². The van der Waals surface area contributed by atoms with Gasteiger partial charge in [0.2, 0.25) is 21.9 Å². The van der Waals surface area contributed by atoms with Crippen LogP contribution in [0.5, 0.6) is 0 Å². The second kappa shape index (κ2) is 18.6. The Kier molecular flexibility index (Phi) is 12.9. The number of piperidine rings is 1. The Labute approximate surface area is 382 Å². The lowest BCUT2D eigenvalue weighted by Gasteiger charge is -2.39. The SMILES string of the molecule is Cc1cc(S(=O)(=O)NC(C)COC2CCC(CN3CCN(c4ccc5c(c4F)n(C)c(=O)n5C4(C=O)CCC(=O)NC4)CC3)CC2)ccc1Nc1ncc2ccc(=O)n(C3CCCC3)c2n1. The summed E-state index contributed by atoms with van der Waals surface area (Å²) in [4.78, 5) is 64.3. The second-order valence-electron chi connectivity index (χ2n) is 18.8. The van der Waals surface area contributed by atoms with Crippen molar-refractivity contribution in [2.75, 3.05) is 56.1 Å². The average Bonchev–Trinajstić information content (AvgIpc) is 3.93. The van der Waals surface area contributed by atoms with Crippen LogP contribution in [0.1, 0.15) is 82.7 Å². The van der Waals surface area contributed by atoms with E-state index in [9.17, 15) is 27.6 Å². The van der Waals surface area contributed by atoms with Crippen molar-refractivity contribution in [2.24, 2.45) is 13.0 Å². The number of imidazole rings is 1. The summed E-state index contributed by atoms with van der Waals surface area (Å²) in [5.41, 5.74) is 0.980. The number of aryl methyl sites for hydroxylation is 2. The minimum Gasteiger partial charge on any atom is -0.377 e. The van der Waals surface area contributed by atoms with Crippen molar-refractivity contribution in [1.82, 2.24) is 38.6 Å². The van der Waals surface area contributed by atoms with E-state index in [1.165, 1.54) is 16.2 Å². The number of pyridine rings is 1. The van der Waals surface area contributed by atoms with Crippen molar-refractivity contribution in [3.8, 4) is 0 Å². The molecule has 352 valence electrons. The van der Waals surface area contributed by atoms with Crippen molar-refractivity contribution in [3.63, 3.8) is 0 Å². The molecular weight excluding hydrogens is 868 g/mol. The minimum absolute atomic E-state index is 0.0204. The zero-order valence-electron chi connectivity index (χ0n) is 37.8. The Morgan fingerprint density at radius 3 is 2.45 bits per heavy atom. The highest BCUT2D eigenvalue weighted by Gasteiger charge is 2.40. The van der Waals surface area contributed by atoms with Gasteiger partial charge in [0.05, 0.1) is 28.8 Å². The highest BCUT2D eigenvalue weighted by Crippen LogP contribution is 2.34. The predicted molar refractivity (Wildman–Crippen MR) is 249 cm³/mol. The normalized spacial score (nSPS) is 22.8. The van der Waals surface area contributed by atoms with Crippen molar-refractivity contribution in [3.05, 3.63) is 80.9 Å². The molecule has 2 aromatic carbocycles. The van der Waals surface area contributed by atoms with Gasteiger partial charge in [0.1, 0.15) is 23.0 Å². The highest BCUT2D eigenvalue weighted by molar-refractivity contribution is 7.89. The number of carbonyl (C=O) groups excluding carboxylic acids is 2. The van der Waals surface area contributed by atoms with E-state index in [1.54, 1.807) is 60.2 Å². The summed E-state index contributed by atoms with van der Waals surface area (Å²) in [5, 5.41) is 6.69. The van der Waals surface area contributed by atoms with Crippen LogP contribution < -0.4 is 31.5 Å². The van der Waals surface area contributed by atoms with Gasteiger partial charge in [0, 0.05) is 88.2 Å². The van der Waals surface area contributed by atoms with Gasteiger partial charge in [-0.1, -0.05) is 12.8 Å². The predicted octanol–water partition coefficient (Wildman–Crippen LogP) is 4.62. The molecule has 4 aliphatic rings. The van der Waals surface area contributed by atoms with Crippen LogP contribution in [-0.4, -0.2) is 107 Å². The van der Waals surface area contributed by atoms with Crippen LogP contribution >= 0.6 is 0 Å². The van der Waals surface area contributed by atoms with Crippen LogP contribution in [0.15, 0.2) is 63.1 Å². The maximum absolute atomic E-state index is 16.3. The third-order valence-electron chi connectivity index (χ3n) is 14.2. The first-order valence-electron chi connectivity index (χ1n) is 23.2. The van der Waals surface area contributed by atoms with Crippen LogP contribution in [0, 0.1) is 18.7 Å². The third-order valence-corrected chi connectivity index (χ3v) is 15.8. The fraction of sp³-hybridized carbons (Fsp3) is 0.532. The van der Waals surface area contributed by atoms with Crippen LogP contribution in [0.4, 0.5) is 21.7 Å². The Hall–Kier alpha value is -5.50. The first-order chi connectivity index (χ1) is 31.7. The molecule has 0 bridgehead atoms. The number of nitrogens with zero attached hydrogens (tertiary/aromatic N) is 7. The fourth-order valence-corrected chi connectivity index (χ4v) is 11.8. The van der Waals surface area contributed by atoms with E-state index in [4.69, 9.17) is 9.72 Å². The van der Waals surface area contributed by atoms with E-state index >= 15 is 4.39 Å². The number of rotatable bonds is 14. The molecule has 3 aromatic heterocycles. The number of nitrogens with one attached hydrogen (secondary N) is 3. The molecule has 0 spiro atoms. The second-order valence-corrected chi connectivity index (χ2v) is 20.5. The van der Waals surface area contributed by atoms with Crippen molar-refractivity contribution < 1.29 is 27.1 Å². The number of anilines is 3. The lowest BCUT2D eigenvalue weighted by molar-refractivity contribution is -0.126. The third kappa shape index (κ3) is 9.01. The van der Waals surface area contributed by atoms with E-state index in [1.807, 2.05) is 11.8 Å². The molecule has 2 aliphatic heterocycles. The number of aromatic nitrogens is 5. The van der Waals surface area contributed by atoms with Crippen LogP contribution in [-0.2, 0) is 36.9 Å². The molecule has 19 heteroatoms. The molecular formula is C47H59FN10O7S. The quantitative estimate of drug-likeness (QED) is 0.131. The van der Waals surface area contributed by atoms with E-state index < -0.39 is 33.1 Å². The molecule has 2 saturated heterocycles. The largest absolute Gasteiger partial charge is 0.377 e. The number of amides is 1. The van der Waals surface area contributed by atoms with Crippen LogP contribution in [0.3, 0.4) is 0 Å². The van der Waals surface area contributed by atoms with Gasteiger partial charge in [-0.15, -0.1) is 0 Å². The maximum atomic E-state index is 16.3. The van der Waals surface area contributed by atoms with Gasteiger partial charge in [-0.05, 0) is 107 Å². The average molecular weight is 927 g/mol. The van der Waals surface area contributed by atoms with E-state index in [0.29, 0.717) is 59.3 Å². The Morgan fingerprint density at radius 1 is 1.00 bits per heavy atom. The number of sulfonamides is 1. The number of benzene rings is 2. The van der Waals surface area contributed by atoms with Gasteiger partial charge >= 0.3 is 5.69 Å². The highest BCUT2D eigenvalue weighted by atomic mass is 32.2. The lowest BCUT2D eigenvalue weighted by atomic mass is 9.87. The standard InChI is InChI=1S/C47H59FN10O7S/c1-30-24-36(13-14-37(30)51-45-49-25-33-10-17-41(61)57(44(33)52-45)34-6-4-5-7-34)66(63,64)53-31(2)27-65-35-11-8-32(9-12-35)26-55-20-22-56(23-21-55)38-15-16-39-43(42(38)48)54(3)46(62)58(39)47(29-59)19-18-40(60)50-28-47/h10,13-17,24-25,29,31-32,34-35,53H,4-9,11-12,18-23,26-28H2,1-3H3,(H,50,60)(H,49,51,52). The Bertz CT molecular complexity index is 2870. The van der Waals surface area contributed by atoms with Crippen LogP contribution in [0.25, 0.3) is 22.1 Å². The molecule has 9 rings (SSSR count). The molecule has 2 aliphatic carbocycles. The molecule has 5 aromatic rings. The first-order valence-corrected chi connectivity index (χ1v) is 24.7. The Balaban J connectivity index is 0.732. The van der Waals surface area contributed by atoms with E-state index in [2.05, 4.69) is 25.2 Å². The summed E-state index contributed by atoms with van der Waals surface area (Å²) >= 11 is 0. The summed E-state index contributed by atoms with van der Waals surface area (Å²) in [6, 6.07) is 11.2. The topological polar surface area (TPSA) is 195 Å². The van der Waals surface area contributed by atoms with Gasteiger partial charge < -0.3 is 25.1 Å². The summed E-state index contributed by atoms with van der Waals surface area (Å²) in [6.07, 6.45) is 10.5. The lowest BCUT2D eigenvalue weighted by Crippen LogP contribution is -2.54. The number of aldehydes is 1. The number of hydrogen-bond acceptors (Lipinski definition) is 12. The van der Waals surface area contributed by atoms with E-state index in [-0.39, 0.29) is 60.0 Å². The van der Waals surface area contributed by atoms with Gasteiger partial charge in [0.15, 0.2) is 5.82 Å². The van der Waals surface area contributed by atoms with Crippen molar-refractivity contribution in [2.45, 2.75) is 107 Å². The fourth-order valence-electron chi connectivity index (χ4n) is 10.5. The maximum Gasteiger partial charge on any atom is 0.329 e. The number of hydrogen-bond donors (Lipinski definition) is 3. The molecule has 1 amide bonds. The smallest absolute Gasteiger partial charge is 0.329 e. The van der Waals surface area contributed by atoms with Crippen molar-refractivity contribution in [1.29, 1.82) is 0 Å². The molecule has 4 fully saturated rings. The van der Waals surface area contributed by atoms with Gasteiger partial charge in [0.25, 0.3) is 5.56 Å². The van der Waals surface area contributed by atoms with Crippen LogP contribution in [0.2, 0.25) is 0 Å². The molecule has 3 N–H and O–H groups in total. The molecule has 2 unspecified atom stereocenters. The molecule has 2 saturated carbocycles. The number of ether oxygens (including phenoxy) is 1. The number of halogens is 1. The molecule has 5 heterocycles. The van der Waals surface area contributed by atoms with E-state index in [0.717, 1.165) is 76.4 Å². The monoisotopic (exact) mass is 926 g/mol. The molecule has 2 atom stereocenters. The molecule has 17 nitrogen and oxygen atoms in total. The number of carbonyl (C=O) groups is 2. The first kappa shape index (κ1) is 45.6. The Morgan fingerprint density at radius 2 is 1.76 bits per heavy atom. The molecule has 66 heavy (non-hydrogen) atoms. The summed E-state index contributed by atoms with van der Waals surface area (Å²) in [6.45, 7) is 7.57. The zero-order valence-corrected chi connectivity index (χ0v) is 38.6. The summed E-state index contributed by atoms with van der Waals surface area (Å²) < 4.78 is 56.6. The van der Waals surface area contributed by atoms with Crippen molar-refractivity contribution >= 4 is 61.6 Å². The number of piperazine rings is 1. The zero-order chi connectivity index (χ0) is 46.3. The number of fused-ring (bicyclic) bond motifs is 2.